The van der Waals surface area contributed by atoms with Crippen molar-refractivity contribution in [3.8, 4) is 0 Å². The minimum Gasteiger partial charge on any atom is -0.249 e. The molecule has 3 heteroatoms. The number of rotatable bonds is 5. The predicted molar refractivity (Wildman–Crippen MR) is 60.0 cm³/mol. The quantitative estimate of drug-likeness (QED) is 0.746. The average molecular weight is 211 g/mol. The first-order valence-electron chi connectivity index (χ1n) is 4.98. The molecule has 0 bridgehead atoms. The second kappa shape index (κ2) is 5.15. The van der Waals surface area contributed by atoms with Crippen LogP contribution in [0.3, 0.4) is 0 Å². The molecule has 78 valence electrons. The monoisotopic (exact) mass is 211 g/mol. The first-order valence-corrected chi connectivity index (χ1v) is 6.71. The first-order chi connectivity index (χ1) is 6.67. The topological polar surface area (TPSA) is 40.9 Å². The van der Waals surface area contributed by atoms with Crippen molar-refractivity contribution < 1.29 is 4.21 Å². The van der Waals surface area contributed by atoms with Crippen LogP contribution >= 0.6 is 0 Å². The Hall–Kier alpha value is -0.830. The minimum absolute atomic E-state index is 0.491. The molecule has 0 aliphatic rings. The normalized spacial score (nSPS) is 14.9. The average Bonchev–Trinajstić information content (AvgIpc) is 2.19. The maximum atomic E-state index is 11.9. The van der Waals surface area contributed by atoms with Gasteiger partial charge < -0.3 is 0 Å². The second-order valence-corrected chi connectivity index (χ2v) is 5.63. The smallest absolute Gasteiger partial charge is 0.0726 e. The molecule has 1 atom stereocenters. The summed E-state index contributed by atoms with van der Waals surface area (Å²) in [5, 5.41) is 0. The molecular formula is C11H17NOS. The van der Waals surface area contributed by atoms with E-state index in [0.29, 0.717) is 10.6 Å². The third-order valence-electron chi connectivity index (χ3n) is 2.16. The lowest BCUT2D eigenvalue weighted by molar-refractivity contribution is 0.667. The minimum atomic E-state index is -2.53. The molecule has 1 unspecified atom stereocenters. The van der Waals surface area contributed by atoms with Gasteiger partial charge in [0.1, 0.15) is 0 Å². The number of benzene rings is 1. The van der Waals surface area contributed by atoms with Crippen LogP contribution in [0.4, 0.5) is 0 Å². The summed E-state index contributed by atoms with van der Waals surface area (Å²) in [7, 11) is -2.53. The van der Waals surface area contributed by atoms with E-state index in [4.69, 9.17) is 4.78 Å². The molecule has 0 aromatic heterocycles. The SMILES string of the molecule is CCCCCS(=N)(=O)c1ccccc1. The lowest BCUT2D eigenvalue weighted by Gasteiger charge is -2.06. The van der Waals surface area contributed by atoms with E-state index >= 15 is 0 Å². The van der Waals surface area contributed by atoms with Crippen molar-refractivity contribution in [2.75, 3.05) is 5.75 Å². The van der Waals surface area contributed by atoms with Gasteiger partial charge in [-0.25, -0.2) is 8.99 Å². The Bertz CT molecular complexity index is 356. The van der Waals surface area contributed by atoms with Crippen LogP contribution in [-0.4, -0.2) is 9.96 Å². The Morgan fingerprint density at radius 1 is 1.21 bits per heavy atom. The largest absolute Gasteiger partial charge is 0.249 e. The zero-order valence-electron chi connectivity index (χ0n) is 8.53. The summed E-state index contributed by atoms with van der Waals surface area (Å²) in [6, 6.07) is 9.11. The molecule has 0 amide bonds. The van der Waals surface area contributed by atoms with E-state index in [1.807, 2.05) is 18.2 Å². The molecule has 1 rings (SSSR count). The fourth-order valence-electron chi connectivity index (χ4n) is 1.31. The molecule has 14 heavy (non-hydrogen) atoms. The molecule has 0 aliphatic carbocycles. The summed E-state index contributed by atoms with van der Waals surface area (Å²) in [6.07, 6.45) is 3.04. The van der Waals surface area contributed by atoms with E-state index in [9.17, 15) is 4.21 Å². The van der Waals surface area contributed by atoms with Gasteiger partial charge in [0.05, 0.1) is 9.73 Å². The highest BCUT2D eigenvalue weighted by Crippen LogP contribution is 2.13. The Kier molecular flexibility index (Phi) is 4.14. The summed E-state index contributed by atoms with van der Waals surface area (Å²) in [5.41, 5.74) is 0. The molecule has 1 aromatic carbocycles. The first kappa shape index (κ1) is 11.2. The van der Waals surface area contributed by atoms with E-state index in [1.54, 1.807) is 12.1 Å². The molecule has 0 heterocycles. The van der Waals surface area contributed by atoms with Gasteiger partial charge in [0.25, 0.3) is 0 Å². The van der Waals surface area contributed by atoms with Gasteiger partial charge in [0.15, 0.2) is 0 Å². The third kappa shape index (κ3) is 3.14. The highest BCUT2D eigenvalue weighted by Gasteiger charge is 2.07. The van der Waals surface area contributed by atoms with Crippen molar-refractivity contribution in [2.45, 2.75) is 31.1 Å². The van der Waals surface area contributed by atoms with Gasteiger partial charge in [-0.2, -0.15) is 0 Å². The molecule has 0 saturated heterocycles. The molecule has 2 nitrogen and oxygen atoms in total. The lowest BCUT2D eigenvalue weighted by atomic mass is 10.3. The summed E-state index contributed by atoms with van der Waals surface area (Å²) in [6.45, 7) is 2.11. The molecule has 0 aliphatic heterocycles. The van der Waals surface area contributed by atoms with Gasteiger partial charge in [0.2, 0.25) is 0 Å². The van der Waals surface area contributed by atoms with Gasteiger partial charge in [-0.05, 0) is 18.6 Å². The van der Waals surface area contributed by atoms with Crippen molar-refractivity contribution in [3.05, 3.63) is 30.3 Å². The maximum Gasteiger partial charge on any atom is 0.0726 e. The molecule has 0 saturated carbocycles. The standard InChI is InChI=1S/C11H17NOS/c1-2-3-7-10-14(12,13)11-8-5-4-6-9-11/h4-6,8-9,12H,2-3,7,10H2,1H3. The zero-order valence-corrected chi connectivity index (χ0v) is 9.35. The van der Waals surface area contributed by atoms with Crippen LogP contribution in [0.5, 0.6) is 0 Å². The van der Waals surface area contributed by atoms with E-state index in [2.05, 4.69) is 6.92 Å². The fraction of sp³-hybridized carbons (Fsp3) is 0.455. The van der Waals surface area contributed by atoms with Gasteiger partial charge in [-0.3, -0.25) is 0 Å². The summed E-state index contributed by atoms with van der Waals surface area (Å²) in [4.78, 5) is 0.663. The Balaban J connectivity index is 2.67. The second-order valence-electron chi connectivity index (χ2n) is 3.40. The van der Waals surface area contributed by atoms with Gasteiger partial charge >= 0.3 is 0 Å². The molecule has 0 radical (unpaired) electrons. The Morgan fingerprint density at radius 3 is 2.43 bits per heavy atom. The van der Waals surface area contributed by atoms with E-state index in [-0.39, 0.29) is 0 Å². The van der Waals surface area contributed by atoms with E-state index in [1.165, 1.54) is 0 Å². The predicted octanol–water partition coefficient (Wildman–Crippen LogP) is 3.28. The van der Waals surface area contributed by atoms with Crippen LogP contribution in [0.1, 0.15) is 26.2 Å². The third-order valence-corrected chi connectivity index (χ3v) is 4.06. The molecule has 1 aromatic rings. The number of hydrogen-bond acceptors (Lipinski definition) is 2. The van der Waals surface area contributed by atoms with Crippen LogP contribution in [0, 0.1) is 4.78 Å². The lowest BCUT2D eigenvalue weighted by Crippen LogP contribution is -2.04. The maximum absolute atomic E-state index is 11.9. The van der Waals surface area contributed by atoms with Crippen molar-refractivity contribution in [1.29, 1.82) is 4.78 Å². The van der Waals surface area contributed by atoms with E-state index < -0.39 is 9.73 Å². The Labute approximate surface area is 86.3 Å². The van der Waals surface area contributed by atoms with Crippen molar-refractivity contribution in [3.63, 3.8) is 0 Å². The molecular weight excluding hydrogens is 194 g/mol. The number of hydrogen-bond donors (Lipinski definition) is 1. The van der Waals surface area contributed by atoms with E-state index in [0.717, 1.165) is 19.3 Å². The summed E-state index contributed by atoms with van der Waals surface area (Å²) >= 11 is 0. The number of unbranched alkanes of at least 4 members (excludes halogenated alkanes) is 2. The number of nitrogens with one attached hydrogen (secondary N) is 1. The molecule has 0 fully saturated rings. The van der Waals surface area contributed by atoms with Crippen molar-refractivity contribution in [2.24, 2.45) is 0 Å². The Morgan fingerprint density at radius 2 is 1.86 bits per heavy atom. The highest BCUT2D eigenvalue weighted by molar-refractivity contribution is 7.92. The van der Waals surface area contributed by atoms with Gasteiger partial charge in [0, 0.05) is 10.6 Å². The van der Waals surface area contributed by atoms with Gasteiger partial charge in [-0.1, -0.05) is 38.0 Å². The van der Waals surface area contributed by atoms with Crippen molar-refractivity contribution >= 4 is 9.73 Å². The summed E-state index contributed by atoms with van der Waals surface area (Å²) in [5.74, 6) is 0.491. The molecule has 0 spiro atoms. The van der Waals surface area contributed by atoms with Crippen molar-refractivity contribution in [1.82, 2.24) is 0 Å². The zero-order chi connectivity index (χ0) is 10.4. The van der Waals surface area contributed by atoms with Crippen LogP contribution in [-0.2, 0) is 9.73 Å². The van der Waals surface area contributed by atoms with Crippen LogP contribution in [0.25, 0.3) is 0 Å². The fourth-order valence-corrected chi connectivity index (χ4v) is 2.76. The van der Waals surface area contributed by atoms with Crippen LogP contribution in [0.2, 0.25) is 0 Å². The summed E-state index contributed by atoms with van der Waals surface area (Å²) < 4.78 is 19.7. The highest BCUT2D eigenvalue weighted by atomic mass is 32.2. The van der Waals surface area contributed by atoms with Crippen LogP contribution < -0.4 is 0 Å². The van der Waals surface area contributed by atoms with Crippen LogP contribution in [0.15, 0.2) is 35.2 Å². The molecule has 1 N–H and O–H groups in total. The van der Waals surface area contributed by atoms with Gasteiger partial charge in [-0.15, -0.1) is 0 Å².